The molecule has 0 radical (unpaired) electrons. The molecule has 5 heteroatoms. The van der Waals surface area contributed by atoms with E-state index in [2.05, 4.69) is 45.0 Å². The number of benzene rings is 3. The fourth-order valence-electron chi connectivity index (χ4n) is 4.19. The molecule has 0 aliphatic heterocycles. The van der Waals surface area contributed by atoms with Gasteiger partial charge in [0.1, 0.15) is 17.1 Å². The topological polar surface area (TPSA) is 55.8 Å². The number of carbonyl (C=O) groups excluding carboxylic acids is 1. The molecule has 3 aromatic carbocycles. The van der Waals surface area contributed by atoms with Gasteiger partial charge in [-0.3, -0.25) is 0 Å². The average Bonchev–Trinajstić information content (AvgIpc) is 2.75. The molecular weight excluding hydrogens is 404 g/mol. The number of aryl methyl sites for hydroxylation is 1. The lowest BCUT2D eigenvalue weighted by molar-refractivity contribution is 0.0597. The lowest BCUT2D eigenvalue weighted by Crippen LogP contribution is -2.69. The fourth-order valence-corrected chi connectivity index (χ4v) is 8.61. The van der Waals surface area contributed by atoms with Crippen LogP contribution < -0.4 is 14.8 Å². The van der Waals surface area contributed by atoms with Crippen molar-refractivity contribution in [2.45, 2.75) is 39.7 Å². The Labute approximate surface area is 185 Å². The summed E-state index contributed by atoms with van der Waals surface area (Å²) in [5.74, 6) is -0.00937. The van der Waals surface area contributed by atoms with Gasteiger partial charge in [0.15, 0.2) is 0 Å². The highest BCUT2D eigenvalue weighted by atomic mass is 28.4. The highest BCUT2D eigenvalue weighted by molar-refractivity contribution is 7.00. The van der Waals surface area contributed by atoms with Gasteiger partial charge in [-0.05, 0) is 40.9 Å². The van der Waals surface area contributed by atoms with Gasteiger partial charge in [0, 0.05) is 5.56 Å². The van der Waals surface area contributed by atoms with Crippen LogP contribution in [0.5, 0.6) is 11.5 Å². The molecule has 3 aromatic rings. The third kappa shape index (κ3) is 3.98. The van der Waals surface area contributed by atoms with Gasteiger partial charge in [0.05, 0.1) is 7.11 Å². The molecule has 3 rings (SSSR count). The molecule has 0 fully saturated rings. The van der Waals surface area contributed by atoms with Gasteiger partial charge in [-0.25, -0.2) is 4.79 Å². The van der Waals surface area contributed by atoms with E-state index in [4.69, 9.17) is 9.16 Å². The molecule has 0 spiro atoms. The second-order valence-corrected chi connectivity index (χ2v) is 13.0. The van der Waals surface area contributed by atoms with Crippen LogP contribution in [-0.2, 0) is 4.74 Å². The molecule has 162 valence electrons. The second-order valence-electron chi connectivity index (χ2n) is 8.80. The molecule has 0 heterocycles. The van der Waals surface area contributed by atoms with Crippen molar-refractivity contribution in [2.75, 3.05) is 7.11 Å². The van der Waals surface area contributed by atoms with E-state index in [0.717, 1.165) is 10.4 Å². The molecule has 0 aromatic heterocycles. The number of ether oxygens (including phenoxy) is 1. The number of hydrogen-bond donors (Lipinski definition) is 1. The van der Waals surface area contributed by atoms with E-state index < -0.39 is 14.3 Å². The molecule has 0 saturated carbocycles. The SMILES string of the molecule is COC(=O)c1c(O[Si](c2ccccc2)(c2ccccc2)C(C)(C)C)cc(C)c(O)c1C. The molecule has 0 saturated heterocycles. The Bertz CT molecular complexity index is 1030. The van der Waals surface area contributed by atoms with Gasteiger partial charge in [-0.1, -0.05) is 81.4 Å². The van der Waals surface area contributed by atoms with Crippen LogP contribution in [0.3, 0.4) is 0 Å². The number of hydrogen-bond acceptors (Lipinski definition) is 4. The number of aromatic hydroxyl groups is 1. The lowest BCUT2D eigenvalue weighted by atomic mass is 10.0. The summed E-state index contributed by atoms with van der Waals surface area (Å²) < 4.78 is 12.1. The van der Waals surface area contributed by atoms with E-state index >= 15 is 0 Å². The first kappa shape index (κ1) is 22.6. The van der Waals surface area contributed by atoms with Gasteiger partial charge in [-0.15, -0.1) is 0 Å². The summed E-state index contributed by atoms with van der Waals surface area (Å²) >= 11 is 0. The summed E-state index contributed by atoms with van der Waals surface area (Å²) in [6.45, 7) is 10.1. The molecule has 0 aliphatic rings. The van der Waals surface area contributed by atoms with Crippen LogP contribution in [-0.4, -0.2) is 26.5 Å². The van der Waals surface area contributed by atoms with Crippen molar-refractivity contribution in [3.05, 3.63) is 83.4 Å². The van der Waals surface area contributed by atoms with Crippen LogP contribution in [0.15, 0.2) is 66.7 Å². The monoisotopic (exact) mass is 434 g/mol. The maximum absolute atomic E-state index is 12.7. The zero-order chi connectivity index (χ0) is 22.8. The number of rotatable bonds is 5. The van der Waals surface area contributed by atoms with E-state index in [9.17, 15) is 9.90 Å². The quantitative estimate of drug-likeness (QED) is 0.466. The lowest BCUT2D eigenvalue weighted by Gasteiger charge is -2.43. The minimum Gasteiger partial charge on any atom is -0.533 e. The standard InChI is InChI=1S/C26H30O4Si/c1-18-17-22(23(25(28)29-6)19(2)24(18)27)30-31(26(3,4)5,20-13-9-7-10-14-20)21-15-11-8-12-16-21/h7-17,27H,1-6H3. The Morgan fingerprint density at radius 3 is 1.81 bits per heavy atom. The smallest absolute Gasteiger partial charge is 0.342 e. The van der Waals surface area contributed by atoms with E-state index in [1.807, 2.05) is 43.3 Å². The van der Waals surface area contributed by atoms with Gasteiger partial charge in [0.2, 0.25) is 0 Å². The van der Waals surface area contributed by atoms with Crippen molar-refractivity contribution >= 4 is 24.7 Å². The van der Waals surface area contributed by atoms with Crippen molar-refractivity contribution in [1.29, 1.82) is 0 Å². The molecule has 0 amide bonds. The molecular formula is C26H30O4Si. The third-order valence-corrected chi connectivity index (χ3v) is 10.7. The number of esters is 1. The normalized spacial score (nSPS) is 11.8. The molecule has 31 heavy (non-hydrogen) atoms. The molecule has 0 bridgehead atoms. The highest BCUT2D eigenvalue weighted by Crippen LogP contribution is 2.41. The van der Waals surface area contributed by atoms with E-state index in [-0.39, 0.29) is 16.4 Å². The predicted molar refractivity (Wildman–Crippen MR) is 127 cm³/mol. The summed E-state index contributed by atoms with van der Waals surface area (Å²) in [5, 5.41) is 12.4. The van der Waals surface area contributed by atoms with Crippen LogP contribution in [0.4, 0.5) is 0 Å². The highest BCUT2D eigenvalue weighted by Gasteiger charge is 2.52. The molecule has 0 aliphatic carbocycles. The van der Waals surface area contributed by atoms with Crippen molar-refractivity contribution in [2.24, 2.45) is 0 Å². The number of phenolic OH excluding ortho intramolecular Hbond substituents is 1. The maximum Gasteiger partial charge on any atom is 0.342 e. The van der Waals surface area contributed by atoms with Crippen molar-refractivity contribution < 1.29 is 19.1 Å². The van der Waals surface area contributed by atoms with Gasteiger partial charge < -0.3 is 14.3 Å². The van der Waals surface area contributed by atoms with Crippen LogP contribution in [0.25, 0.3) is 0 Å². The van der Waals surface area contributed by atoms with Crippen LogP contribution in [0, 0.1) is 13.8 Å². The van der Waals surface area contributed by atoms with E-state index in [1.54, 1.807) is 13.0 Å². The number of carbonyl (C=O) groups is 1. The summed E-state index contributed by atoms with van der Waals surface area (Å²) in [4.78, 5) is 12.7. The zero-order valence-corrected chi connectivity index (χ0v) is 20.0. The first-order chi connectivity index (χ1) is 14.6. The van der Waals surface area contributed by atoms with Gasteiger partial charge in [-0.2, -0.15) is 0 Å². The first-order valence-corrected chi connectivity index (χ1v) is 12.3. The van der Waals surface area contributed by atoms with Crippen LogP contribution in [0.2, 0.25) is 5.04 Å². The van der Waals surface area contributed by atoms with Crippen molar-refractivity contribution in [3.63, 3.8) is 0 Å². The third-order valence-electron chi connectivity index (χ3n) is 5.77. The molecule has 1 N–H and O–H groups in total. The summed E-state index contributed by atoms with van der Waals surface area (Å²) in [6.07, 6.45) is 0. The summed E-state index contributed by atoms with van der Waals surface area (Å²) in [5.41, 5.74) is 1.37. The Kier molecular flexibility index (Phi) is 6.27. The number of methoxy groups -OCH3 is 1. The minimum atomic E-state index is -2.93. The maximum atomic E-state index is 12.7. The van der Waals surface area contributed by atoms with E-state index in [0.29, 0.717) is 16.9 Å². The Morgan fingerprint density at radius 2 is 1.39 bits per heavy atom. The summed E-state index contributed by atoms with van der Waals surface area (Å²) in [6, 6.07) is 22.2. The summed E-state index contributed by atoms with van der Waals surface area (Å²) in [7, 11) is -1.59. The largest absolute Gasteiger partial charge is 0.533 e. The van der Waals surface area contributed by atoms with Crippen LogP contribution in [0.1, 0.15) is 42.3 Å². The molecule has 4 nitrogen and oxygen atoms in total. The zero-order valence-electron chi connectivity index (χ0n) is 19.0. The minimum absolute atomic E-state index is 0.0789. The second kappa shape index (κ2) is 8.59. The van der Waals surface area contributed by atoms with Crippen LogP contribution >= 0.6 is 0 Å². The van der Waals surface area contributed by atoms with Crippen molar-refractivity contribution in [1.82, 2.24) is 0 Å². The van der Waals surface area contributed by atoms with E-state index in [1.165, 1.54) is 7.11 Å². The predicted octanol–water partition coefficient (Wildman–Crippen LogP) is 4.73. The first-order valence-electron chi connectivity index (χ1n) is 10.3. The molecule has 0 unspecified atom stereocenters. The van der Waals surface area contributed by atoms with Gasteiger partial charge >= 0.3 is 14.3 Å². The Balaban J connectivity index is 2.38. The Hall–Kier alpha value is -3.05. The molecule has 0 atom stereocenters. The fraction of sp³-hybridized carbons (Fsp3) is 0.269. The van der Waals surface area contributed by atoms with Crippen molar-refractivity contribution in [3.8, 4) is 11.5 Å². The Morgan fingerprint density at radius 1 is 0.903 bits per heavy atom. The average molecular weight is 435 g/mol. The number of phenols is 1. The van der Waals surface area contributed by atoms with Gasteiger partial charge in [0.25, 0.3) is 0 Å².